The molecule has 0 aliphatic carbocycles. The minimum atomic E-state index is -3.27. The highest BCUT2D eigenvalue weighted by Gasteiger charge is 2.25. The Balaban J connectivity index is 1.96. The molecule has 1 aliphatic heterocycles. The molecule has 27 heavy (non-hydrogen) atoms. The van der Waals surface area contributed by atoms with Gasteiger partial charge in [-0.2, -0.15) is 0 Å². The van der Waals surface area contributed by atoms with Gasteiger partial charge < -0.3 is 14.4 Å². The molecule has 146 valence electrons. The van der Waals surface area contributed by atoms with Crippen molar-refractivity contribution < 1.29 is 17.9 Å². The van der Waals surface area contributed by atoms with Crippen LogP contribution in [0.25, 0.3) is 0 Å². The lowest BCUT2D eigenvalue weighted by molar-refractivity contribution is -0.137. The Kier molecular flexibility index (Phi) is 6.47. The molecule has 0 spiro atoms. The van der Waals surface area contributed by atoms with Gasteiger partial charge in [-0.25, -0.2) is 8.42 Å². The van der Waals surface area contributed by atoms with Gasteiger partial charge >= 0.3 is 0 Å². The minimum absolute atomic E-state index is 0.275. The Morgan fingerprint density at radius 1 is 1.00 bits per heavy atom. The Hall–Kier alpha value is -1.54. The van der Waals surface area contributed by atoms with E-state index in [1.165, 1.54) is 6.26 Å². The van der Waals surface area contributed by atoms with Gasteiger partial charge in [0.2, 0.25) is 0 Å². The van der Waals surface area contributed by atoms with Crippen molar-refractivity contribution in [2.45, 2.75) is 41.2 Å². The highest BCUT2D eigenvalue weighted by molar-refractivity contribution is 7.99. The summed E-state index contributed by atoms with van der Waals surface area (Å²) in [5.41, 5.74) is 1.99. The van der Waals surface area contributed by atoms with Gasteiger partial charge in [0.1, 0.15) is 0 Å². The first-order valence-corrected chi connectivity index (χ1v) is 11.8. The van der Waals surface area contributed by atoms with Gasteiger partial charge in [0, 0.05) is 42.2 Å². The predicted molar refractivity (Wildman–Crippen MR) is 109 cm³/mol. The van der Waals surface area contributed by atoms with Crippen LogP contribution < -0.4 is 4.90 Å². The van der Waals surface area contributed by atoms with Crippen LogP contribution in [0.15, 0.2) is 57.2 Å². The van der Waals surface area contributed by atoms with Gasteiger partial charge in [0.25, 0.3) is 0 Å². The molecule has 3 rings (SSSR count). The fourth-order valence-corrected chi connectivity index (χ4v) is 4.82. The summed E-state index contributed by atoms with van der Waals surface area (Å²) >= 11 is 1.66. The van der Waals surface area contributed by atoms with Crippen molar-refractivity contribution in [3.8, 4) is 0 Å². The number of para-hydroxylation sites is 1. The van der Waals surface area contributed by atoms with Crippen molar-refractivity contribution in [1.29, 1.82) is 0 Å². The van der Waals surface area contributed by atoms with E-state index in [0.717, 1.165) is 21.2 Å². The largest absolute Gasteiger partial charge is 0.353 e. The summed E-state index contributed by atoms with van der Waals surface area (Å²) in [6, 6.07) is 13.5. The normalized spacial score (nSPS) is 13.6. The van der Waals surface area contributed by atoms with E-state index in [0.29, 0.717) is 31.1 Å². The van der Waals surface area contributed by atoms with E-state index in [2.05, 4.69) is 17.0 Å². The quantitative estimate of drug-likeness (QED) is 0.601. The van der Waals surface area contributed by atoms with Crippen molar-refractivity contribution in [1.82, 2.24) is 0 Å². The van der Waals surface area contributed by atoms with E-state index in [9.17, 15) is 8.42 Å². The fraction of sp³-hybridized carbons (Fsp3) is 0.400. The maximum Gasteiger partial charge on any atom is 0.175 e. The van der Waals surface area contributed by atoms with Crippen LogP contribution in [0.2, 0.25) is 0 Å². The van der Waals surface area contributed by atoms with Crippen LogP contribution >= 0.6 is 11.8 Å². The predicted octanol–water partition coefficient (Wildman–Crippen LogP) is 4.48. The Morgan fingerprint density at radius 2 is 1.67 bits per heavy atom. The number of benzene rings is 2. The molecule has 0 amide bonds. The summed E-state index contributed by atoms with van der Waals surface area (Å²) in [4.78, 5) is 4.70. The maximum atomic E-state index is 12.0. The molecule has 1 aliphatic rings. The first kappa shape index (κ1) is 20.2. The molecule has 1 heterocycles. The third-order valence-electron chi connectivity index (χ3n) is 4.32. The number of sulfone groups is 1. The second-order valence-electron chi connectivity index (χ2n) is 6.25. The van der Waals surface area contributed by atoms with Gasteiger partial charge in [-0.05, 0) is 44.2 Å². The van der Waals surface area contributed by atoms with Crippen LogP contribution in [-0.4, -0.2) is 40.7 Å². The summed E-state index contributed by atoms with van der Waals surface area (Å²) in [6.07, 6.45) is 1.65. The average Bonchev–Trinajstić information content (AvgIpc) is 2.64. The number of rotatable bonds is 8. The Bertz CT molecular complexity index is 893. The van der Waals surface area contributed by atoms with Gasteiger partial charge in [-0.1, -0.05) is 23.9 Å². The van der Waals surface area contributed by atoms with Gasteiger partial charge in [0.15, 0.2) is 16.1 Å². The highest BCUT2D eigenvalue weighted by atomic mass is 32.2. The van der Waals surface area contributed by atoms with Crippen LogP contribution in [0.3, 0.4) is 0 Å². The van der Waals surface area contributed by atoms with E-state index >= 15 is 0 Å². The van der Waals surface area contributed by atoms with Gasteiger partial charge in [-0.3, -0.25) is 0 Å². The number of hydrogen-bond donors (Lipinski definition) is 0. The second kappa shape index (κ2) is 8.65. The summed E-state index contributed by atoms with van der Waals surface area (Å²) in [5.74, 6) is 0. The molecule has 0 saturated heterocycles. The lowest BCUT2D eigenvalue weighted by atomic mass is 10.2. The molecule has 0 aromatic heterocycles. The summed E-state index contributed by atoms with van der Waals surface area (Å²) < 4.78 is 35.4. The molecule has 0 saturated carbocycles. The van der Waals surface area contributed by atoms with E-state index in [4.69, 9.17) is 9.47 Å². The molecule has 7 heteroatoms. The zero-order valence-corrected chi connectivity index (χ0v) is 17.5. The zero-order valence-electron chi connectivity index (χ0n) is 15.8. The van der Waals surface area contributed by atoms with Crippen molar-refractivity contribution in [3.05, 3.63) is 42.5 Å². The Morgan fingerprint density at radius 3 is 2.33 bits per heavy atom. The zero-order chi connectivity index (χ0) is 19.4. The maximum absolute atomic E-state index is 12.0. The lowest BCUT2D eigenvalue weighted by Gasteiger charge is -2.34. The molecule has 5 nitrogen and oxygen atoms in total. The number of nitrogens with zero attached hydrogens (tertiary/aromatic N) is 1. The van der Waals surface area contributed by atoms with Crippen LogP contribution in [-0.2, 0) is 19.3 Å². The molecular formula is C20H25NO4S2. The standard InChI is InChI=1S/C20H25NO4S2/c1-4-24-20(25-5-2)12-13-21-16-8-6-7-9-18(16)26-19-11-10-15(14-17(19)21)27(3,22)23/h6-11,14,20H,4-5,12-13H2,1-3H3. The first-order chi connectivity index (χ1) is 12.9. The topological polar surface area (TPSA) is 55.8 Å². The van der Waals surface area contributed by atoms with Crippen LogP contribution in [0.1, 0.15) is 20.3 Å². The average molecular weight is 408 g/mol. The molecule has 0 radical (unpaired) electrons. The van der Waals surface area contributed by atoms with E-state index in [1.807, 2.05) is 32.0 Å². The van der Waals surface area contributed by atoms with Gasteiger partial charge in [-0.15, -0.1) is 0 Å². The molecule has 2 aromatic carbocycles. The van der Waals surface area contributed by atoms with E-state index in [-0.39, 0.29) is 6.29 Å². The van der Waals surface area contributed by atoms with Gasteiger partial charge in [0.05, 0.1) is 16.3 Å². The summed E-state index contributed by atoms with van der Waals surface area (Å²) in [6.45, 7) is 5.75. The smallest absolute Gasteiger partial charge is 0.175 e. The molecule has 0 fully saturated rings. The highest BCUT2D eigenvalue weighted by Crippen LogP contribution is 2.48. The van der Waals surface area contributed by atoms with Crippen LogP contribution in [0, 0.1) is 0 Å². The van der Waals surface area contributed by atoms with Crippen LogP contribution in [0.4, 0.5) is 11.4 Å². The number of anilines is 2. The third kappa shape index (κ3) is 4.66. The van der Waals surface area contributed by atoms with Crippen molar-refractivity contribution in [3.63, 3.8) is 0 Å². The van der Waals surface area contributed by atoms with Crippen LogP contribution in [0.5, 0.6) is 0 Å². The Labute approximate surface area is 165 Å². The molecule has 0 unspecified atom stereocenters. The molecule has 0 bridgehead atoms. The lowest BCUT2D eigenvalue weighted by Crippen LogP contribution is -2.28. The molecular weight excluding hydrogens is 382 g/mol. The second-order valence-corrected chi connectivity index (χ2v) is 9.35. The van der Waals surface area contributed by atoms with Crippen molar-refractivity contribution in [2.75, 3.05) is 30.9 Å². The number of fused-ring (bicyclic) bond motifs is 2. The van der Waals surface area contributed by atoms with E-state index in [1.54, 1.807) is 23.9 Å². The monoisotopic (exact) mass is 407 g/mol. The van der Waals surface area contributed by atoms with E-state index < -0.39 is 9.84 Å². The fourth-order valence-electron chi connectivity index (χ4n) is 3.10. The summed E-state index contributed by atoms with van der Waals surface area (Å²) in [7, 11) is -3.27. The van der Waals surface area contributed by atoms with Crippen molar-refractivity contribution >= 4 is 33.0 Å². The minimum Gasteiger partial charge on any atom is -0.353 e. The molecule has 0 atom stereocenters. The summed E-state index contributed by atoms with van der Waals surface area (Å²) in [5, 5.41) is 0. The van der Waals surface area contributed by atoms with Crippen molar-refractivity contribution in [2.24, 2.45) is 0 Å². The first-order valence-electron chi connectivity index (χ1n) is 9.05. The molecule has 0 N–H and O–H groups in total. The molecule has 2 aromatic rings. The SMILES string of the molecule is CCOC(CCN1c2ccccc2Sc2ccc(S(C)(=O)=O)cc21)OCC. The number of ether oxygens (including phenoxy) is 2. The number of hydrogen-bond acceptors (Lipinski definition) is 6. The third-order valence-corrected chi connectivity index (χ3v) is 6.56.